The van der Waals surface area contributed by atoms with Gasteiger partial charge >= 0.3 is 0 Å². The maximum Gasteiger partial charge on any atom is 0.0564 e. The second-order valence-electron chi connectivity index (χ2n) is 3.91. The summed E-state index contributed by atoms with van der Waals surface area (Å²) in [5, 5.41) is 0.775. The Labute approximate surface area is 101 Å². The number of rotatable bonds is 3. The number of aromatic nitrogens is 1. The van der Waals surface area contributed by atoms with E-state index in [0.717, 1.165) is 11.6 Å². The maximum absolute atomic E-state index is 5.84. The Morgan fingerprint density at radius 2 is 1.56 bits per heavy atom. The van der Waals surface area contributed by atoms with Crippen LogP contribution in [0.25, 0.3) is 0 Å². The highest BCUT2D eigenvalue weighted by atomic mass is 35.5. The van der Waals surface area contributed by atoms with Crippen LogP contribution in [-0.4, -0.2) is 4.68 Å². The topological polar surface area (TPSA) is 17.0 Å². The Morgan fingerprint density at radius 1 is 1.00 bits per heavy atom. The maximum atomic E-state index is 5.84. The first-order chi connectivity index (χ1) is 7.66. The second-order valence-corrected chi connectivity index (χ2v) is 4.35. The fraction of sp³-hybridized carbons (Fsp3) is 0.231. The standard InChI is InChI=1S/C13H15ClN2/c1-10-3-4-11(2)16(10)15-9-12-5-7-13(14)8-6-12/h3-8,15H,9H2,1-2H3. The van der Waals surface area contributed by atoms with E-state index in [9.17, 15) is 0 Å². The van der Waals surface area contributed by atoms with Gasteiger partial charge < -0.3 is 5.43 Å². The molecular formula is C13H15ClN2. The normalized spacial score (nSPS) is 10.4. The molecule has 0 aliphatic heterocycles. The molecule has 0 aliphatic rings. The van der Waals surface area contributed by atoms with Crippen LogP contribution < -0.4 is 5.43 Å². The molecule has 2 nitrogen and oxygen atoms in total. The third-order valence-corrected chi connectivity index (χ3v) is 2.88. The first kappa shape index (κ1) is 11.1. The highest BCUT2D eigenvalue weighted by Crippen LogP contribution is 2.10. The van der Waals surface area contributed by atoms with Crippen molar-refractivity contribution < 1.29 is 0 Å². The van der Waals surface area contributed by atoms with Gasteiger partial charge in [-0.2, -0.15) is 0 Å². The summed E-state index contributed by atoms with van der Waals surface area (Å²) in [7, 11) is 0. The molecule has 0 unspecified atom stereocenters. The van der Waals surface area contributed by atoms with Crippen molar-refractivity contribution in [2.75, 3.05) is 5.43 Å². The van der Waals surface area contributed by atoms with Gasteiger partial charge in [0, 0.05) is 16.4 Å². The van der Waals surface area contributed by atoms with E-state index in [4.69, 9.17) is 11.6 Å². The number of hydrogen-bond acceptors (Lipinski definition) is 1. The second kappa shape index (κ2) is 4.62. The molecule has 0 spiro atoms. The number of nitrogens with one attached hydrogen (secondary N) is 1. The number of halogens is 1. The van der Waals surface area contributed by atoms with Crippen molar-refractivity contribution in [2.24, 2.45) is 0 Å². The van der Waals surface area contributed by atoms with Crippen LogP contribution in [0.3, 0.4) is 0 Å². The molecule has 2 rings (SSSR count). The van der Waals surface area contributed by atoms with Gasteiger partial charge in [-0.15, -0.1) is 0 Å². The third-order valence-electron chi connectivity index (χ3n) is 2.63. The largest absolute Gasteiger partial charge is 0.322 e. The zero-order valence-corrected chi connectivity index (χ0v) is 10.3. The van der Waals surface area contributed by atoms with E-state index in [1.165, 1.54) is 17.0 Å². The average molecular weight is 235 g/mol. The molecular weight excluding hydrogens is 220 g/mol. The Morgan fingerprint density at radius 3 is 2.12 bits per heavy atom. The summed E-state index contributed by atoms with van der Waals surface area (Å²) in [6.45, 7) is 4.97. The Bertz CT molecular complexity index is 452. The van der Waals surface area contributed by atoms with Crippen LogP contribution in [0, 0.1) is 13.8 Å². The molecule has 16 heavy (non-hydrogen) atoms. The lowest BCUT2D eigenvalue weighted by molar-refractivity contribution is 0.792. The van der Waals surface area contributed by atoms with Gasteiger partial charge in [0.25, 0.3) is 0 Å². The van der Waals surface area contributed by atoms with Crippen LogP contribution in [0.1, 0.15) is 17.0 Å². The molecule has 0 saturated carbocycles. The lowest BCUT2D eigenvalue weighted by Gasteiger charge is -2.12. The molecule has 0 atom stereocenters. The molecule has 0 amide bonds. The fourth-order valence-corrected chi connectivity index (χ4v) is 1.82. The minimum absolute atomic E-state index is 0.775. The SMILES string of the molecule is Cc1ccc(C)n1NCc1ccc(Cl)cc1. The highest BCUT2D eigenvalue weighted by Gasteiger charge is 1.99. The first-order valence-electron chi connectivity index (χ1n) is 5.30. The minimum Gasteiger partial charge on any atom is -0.322 e. The van der Waals surface area contributed by atoms with Crippen LogP contribution in [0.4, 0.5) is 0 Å². The molecule has 1 N–H and O–H groups in total. The summed E-state index contributed by atoms with van der Waals surface area (Å²) < 4.78 is 2.09. The van der Waals surface area contributed by atoms with E-state index < -0.39 is 0 Å². The Hall–Kier alpha value is -1.41. The van der Waals surface area contributed by atoms with Gasteiger partial charge in [0.05, 0.1) is 6.54 Å². The van der Waals surface area contributed by atoms with Crippen molar-refractivity contribution in [3.8, 4) is 0 Å². The van der Waals surface area contributed by atoms with E-state index in [1.807, 2.05) is 24.3 Å². The van der Waals surface area contributed by atoms with Gasteiger partial charge in [-0.1, -0.05) is 23.7 Å². The molecule has 1 heterocycles. The van der Waals surface area contributed by atoms with Crippen LogP contribution >= 0.6 is 11.6 Å². The first-order valence-corrected chi connectivity index (χ1v) is 5.68. The van der Waals surface area contributed by atoms with E-state index in [2.05, 4.69) is 36.1 Å². The lowest BCUT2D eigenvalue weighted by Crippen LogP contribution is -2.16. The zero-order valence-electron chi connectivity index (χ0n) is 9.50. The summed E-state index contributed by atoms with van der Waals surface area (Å²) in [4.78, 5) is 0. The van der Waals surface area contributed by atoms with Crippen molar-refractivity contribution in [3.05, 3.63) is 58.4 Å². The van der Waals surface area contributed by atoms with Gasteiger partial charge in [-0.25, -0.2) is 0 Å². The molecule has 0 fully saturated rings. The van der Waals surface area contributed by atoms with Crippen molar-refractivity contribution in [2.45, 2.75) is 20.4 Å². The van der Waals surface area contributed by atoms with Crippen molar-refractivity contribution in [3.63, 3.8) is 0 Å². The van der Waals surface area contributed by atoms with E-state index >= 15 is 0 Å². The minimum atomic E-state index is 0.775. The molecule has 0 bridgehead atoms. The van der Waals surface area contributed by atoms with Crippen molar-refractivity contribution >= 4 is 11.6 Å². The number of hydrogen-bond donors (Lipinski definition) is 1. The molecule has 0 radical (unpaired) electrons. The monoisotopic (exact) mass is 234 g/mol. The van der Waals surface area contributed by atoms with Gasteiger partial charge in [0.1, 0.15) is 0 Å². The molecule has 1 aromatic carbocycles. The van der Waals surface area contributed by atoms with Crippen LogP contribution in [0.2, 0.25) is 5.02 Å². The Balaban J connectivity index is 2.05. The smallest absolute Gasteiger partial charge is 0.0564 e. The molecule has 1 aromatic heterocycles. The van der Waals surface area contributed by atoms with Gasteiger partial charge in [0.15, 0.2) is 0 Å². The van der Waals surface area contributed by atoms with E-state index in [-0.39, 0.29) is 0 Å². The van der Waals surface area contributed by atoms with Crippen molar-refractivity contribution in [1.82, 2.24) is 4.68 Å². The van der Waals surface area contributed by atoms with Gasteiger partial charge in [-0.3, -0.25) is 4.68 Å². The predicted octanol–water partition coefficient (Wildman–Crippen LogP) is 3.50. The summed E-state index contributed by atoms with van der Waals surface area (Å²) in [6.07, 6.45) is 0. The highest BCUT2D eigenvalue weighted by molar-refractivity contribution is 6.30. The fourth-order valence-electron chi connectivity index (χ4n) is 1.69. The van der Waals surface area contributed by atoms with Gasteiger partial charge in [-0.05, 0) is 43.7 Å². The molecule has 0 aliphatic carbocycles. The summed E-state index contributed by atoms with van der Waals surface area (Å²) >= 11 is 5.84. The van der Waals surface area contributed by atoms with Gasteiger partial charge in [0.2, 0.25) is 0 Å². The summed E-state index contributed by atoms with van der Waals surface area (Å²) in [5.41, 5.74) is 7.02. The van der Waals surface area contributed by atoms with Crippen LogP contribution in [-0.2, 0) is 6.54 Å². The van der Waals surface area contributed by atoms with E-state index in [1.54, 1.807) is 0 Å². The van der Waals surface area contributed by atoms with Crippen molar-refractivity contribution in [1.29, 1.82) is 0 Å². The predicted molar refractivity (Wildman–Crippen MR) is 68.4 cm³/mol. The molecule has 3 heteroatoms. The molecule has 0 saturated heterocycles. The van der Waals surface area contributed by atoms with Crippen LogP contribution in [0.5, 0.6) is 0 Å². The quantitative estimate of drug-likeness (QED) is 0.860. The lowest BCUT2D eigenvalue weighted by atomic mass is 10.2. The average Bonchev–Trinajstić information content (AvgIpc) is 2.59. The number of nitrogens with zero attached hydrogens (tertiary/aromatic N) is 1. The number of aryl methyl sites for hydroxylation is 2. The van der Waals surface area contributed by atoms with E-state index in [0.29, 0.717) is 0 Å². The summed E-state index contributed by atoms with van der Waals surface area (Å²) in [5.74, 6) is 0. The zero-order chi connectivity index (χ0) is 11.5. The number of benzene rings is 1. The Kier molecular flexibility index (Phi) is 3.20. The van der Waals surface area contributed by atoms with Crippen LogP contribution in [0.15, 0.2) is 36.4 Å². The summed E-state index contributed by atoms with van der Waals surface area (Å²) in [6, 6.07) is 12.1. The third kappa shape index (κ3) is 2.39. The molecule has 2 aromatic rings. The molecule has 84 valence electrons.